The van der Waals surface area contributed by atoms with Gasteiger partial charge in [-0.15, -0.1) is 0 Å². The molecule has 0 aromatic heterocycles. The van der Waals surface area contributed by atoms with Gasteiger partial charge in [-0.3, -0.25) is 9.59 Å². The van der Waals surface area contributed by atoms with Gasteiger partial charge in [0.15, 0.2) is 6.61 Å². The van der Waals surface area contributed by atoms with Crippen molar-refractivity contribution in [3.8, 4) is 17.2 Å². The Morgan fingerprint density at radius 2 is 1.86 bits per heavy atom. The summed E-state index contributed by atoms with van der Waals surface area (Å²) in [7, 11) is 1.58. The molecule has 7 nitrogen and oxygen atoms in total. The number of anilines is 2. The SMILES string of the molecule is COc1ccc(OCCN2C(=O)COc3ccc(NC(=O)C(Cl)(Cl)Cl)cc32)cc1. The topological polar surface area (TPSA) is 77.1 Å². The van der Waals surface area contributed by atoms with Crippen LogP contribution in [0.5, 0.6) is 17.2 Å². The van der Waals surface area contributed by atoms with Gasteiger partial charge in [-0.2, -0.15) is 0 Å². The van der Waals surface area contributed by atoms with Crippen LogP contribution in [0.4, 0.5) is 11.4 Å². The Labute approximate surface area is 182 Å². The molecule has 1 N–H and O–H groups in total. The van der Waals surface area contributed by atoms with Gasteiger partial charge in [-0.05, 0) is 42.5 Å². The number of carbonyl (C=O) groups is 2. The molecule has 0 unspecified atom stereocenters. The molecule has 29 heavy (non-hydrogen) atoms. The fraction of sp³-hybridized carbons (Fsp3) is 0.263. The van der Waals surface area contributed by atoms with Crippen LogP contribution in [0.2, 0.25) is 0 Å². The summed E-state index contributed by atoms with van der Waals surface area (Å²) in [6, 6.07) is 11.9. The number of amides is 2. The smallest absolute Gasteiger partial charge is 0.276 e. The van der Waals surface area contributed by atoms with E-state index in [2.05, 4.69) is 5.32 Å². The molecule has 2 aromatic rings. The highest BCUT2D eigenvalue weighted by Crippen LogP contribution is 2.35. The molecular formula is C19H17Cl3N2O5. The van der Waals surface area contributed by atoms with Crippen LogP contribution >= 0.6 is 34.8 Å². The Balaban J connectivity index is 1.70. The maximum absolute atomic E-state index is 12.4. The van der Waals surface area contributed by atoms with Crippen LogP contribution in [-0.2, 0) is 9.59 Å². The van der Waals surface area contributed by atoms with Gasteiger partial charge in [-0.25, -0.2) is 0 Å². The molecule has 10 heteroatoms. The number of methoxy groups -OCH3 is 1. The largest absolute Gasteiger partial charge is 0.497 e. The highest BCUT2D eigenvalue weighted by molar-refractivity contribution is 6.76. The molecule has 0 spiro atoms. The van der Waals surface area contributed by atoms with E-state index in [0.717, 1.165) is 5.75 Å². The van der Waals surface area contributed by atoms with Crippen LogP contribution in [0, 0.1) is 0 Å². The molecule has 0 bridgehead atoms. The second-order valence-corrected chi connectivity index (χ2v) is 8.27. The van der Waals surface area contributed by atoms with Crippen molar-refractivity contribution in [3.63, 3.8) is 0 Å². The predicted octanol–water partition coefficient (Wildman–Crippen LogP) is 3.81. The summed E-state index contributed by atoms with van der Waals surface area (Å²) in [5.74, 6) is 0.830. The van der Waals surface area contributed by atoms with Gasteiger partial charge < -0.3 is 24.4 Å². The highest BCUT2D eigenvalue weighted by Gasteiger charge is 2.31. The zero-order valence-corrected chi connectivity index (χ0v) is 17.6. The van der Waals surface area contributed by atoms with E-state index in [0.29, 0.717) is 22.9 Å². The van der Waals surface area contributed by atoms with Crippen LogP contribution in [0.1, 0.15) is 0 Å². The van der Waals surface area contributed by atoms with Crippen molar-refractivity contribution < 1.29 is 23.8 Å². The Hall–Kier alpha value is -2.35. The first-order chi connectivity index (χ1) is 13.8. The highest BCUT2D eigenvalue weighted by atomic mass is 35.6. The van der Waals surface area contributed by atoms with Crippen LogP contribution < -0.4 is 24.4 Å². The maximum Gasteiger partial charge on any atom is 0.276 e. The van der Waals surface area contributed by atoms with Crippen LogP contribution in [-0.4, -0.2) is 42.5 Å². The van der Waals surface area contributed by atoms with E-state index < -0.39 is 9.70 Å². The van der Waals surface area contributed by atoms with Crippen molar-refractivity contribution in [1.29, 1.82) is 0 Å². The summed E-state index contributed by atoms with van der Waals surface area (Å²) in [5.41, 5.74) is 0.848. The predicted molar refractivity (Wildman–Crippen MR) is 112 cm³/mol. The summed E-state index contributed by atoms with van der Waals surface area (Å²) in [4.78, 5) is 25.7. The Morgan fingerprint density at radius 1 is 1.17 bits per heavy atom. The number of nitrogens with zero attached hydrogens (tertiary/aromatic N) is 1. The van der Waals surface area contributed by atoms with Crippen molar-refractivity contribution >= 4 is 58.0 Å². The fourth-order valence-corrected chi connectivity index (χ4v) is 2.80. The number of hydrogen-bond donors (Lipinski definition) is 1. The van der Waals surface area contributed by atoms with Gasteiger partial charge in [0.05, 0.1) is 19.3 Å². The first-order valence-corrected chi connectivity index (χ1v) is 9.63. The van der Waals surface area contributed by atoms with Crippen molar-refractivity contribution in [2.75, 3.05) is 37.1 Å². The maximum atomic E-state index is 12.4. The molecule has 0 radical (unpaired) electrons. The van der Waals surface area contributed by atoms with Crippen LogP contribution in [0.25, 0.3) is 0 Å². The number of carbonyl (C=O) groups excluding carboxylic acids is 2. The van der Waals surface area contributed by atoms with Gasteiger partial charge in [0.1, 0.15) is 23.9 Å². The zero-order chi connectivity index (χ0) is 21.0. The van der Waals surface area contributed by atoms with Crippen molar-refractivity contribution in [1.82, 2.24) is 0 Å². The van der Waals surface area contributed by atoms with Crippen molar-refractivity contribution in [2.45, 2.75) is 3.79 Å². The van der Waals surface area contributed by atoms with E-state index in [-0.39, 0.29) is 25.7 Å². The minimum Gasteiger partial charge on any atom is -0.497 e. The first-order valence-electron chi connectivity index (χ1n) is 8.50. The monoisotopic (exact) mass is 458 g/mol. The van der Waals surface area contributed by atoms with Crippen LogP contribution in [0.3, 0.4) is 0 Å². The standard InChI is InChI=1S/C19H17Cl3N2O5/c1-27-13-3-5-14(6-4-13)28-9-8-24-15-10-12(23-18(26)19(20,21)22)2-7-16(15)29-11-17(24)25/h2-7,10H,8-9,11H2,1H3,(H,23,26). The van der Waals surface area contributed by atoms with Gasteiger partial charge in [0.2, 0.25) is 0 Å². The molecule has 3 rings (SSSR count). The lowest BCUT2D eigenvalue weighted by atomic mass is 10.2. The summed E-state index contributed by atoms with van der Waals surface area (Å²) in [5, 5.41) is 2.49. The Bertz CT molecular complexity index is 900. The third-order valence-corrected chi connectivity index (χ3v) is 4.58. The van der Waals surface area contributed by atoms with Gasteiger partial charge in [0.25, 0.3) is 15.6 Å². The molecule has 1 heterocycles. The quantitative estimate of drug-likeness (QED) is 0.665. The van der Waals surface area contributed by atoms with E-state index in [1.54, 1.807) is 49.6 Å². The summed E-state index contributed by atoms with van der Waals surface area (Å²) in [6.07, 6.45) is 0. The Morgan fingerprint density at radius 3 is 2.52 bits per heavy atom. The van der Waals surface area contributed by atoms with E-state index >= 15 is 0 Å². The zero-order valence-electron chi connectivity index (χ0n) is 15.3. The number of alkyl halides is 3. The fourth-order valence-electron chi connectivity index (χ4n) is 2.65. The lowest BCUT2D eigenvalue weighted by Gasteiger charge is -2.30. The second-order valence-electron chi connectivity index (χ2n) is 5.99. The van der Waals surface area contributed by atoms with E-state index in [1.807, 2.05) is 0 Å². The molecule has 0 saturated heterocycles. The second kappa shape index (κ2) is 8.98. The van der Waals surface area contributed by atoms with E-state index in [1.165, 1.54) is 4.90 Å². The van der Waals surface area contributed by atoms with Crippen molar-refractivity contribution in [2.24, 2.45) is 0 Å². The molecule has 0 atom stereocenters. The number of benzene rings is 2. The van der Waals surface area contributed by atoms with Gasteiger partial charge in [-0.1, -0.05) is 34.8 Å². The number of nitrogens with one attached hydrogen (secondary N) is 1. The summed E-state index contributed by atoms with van der Waals surface area (Å²) >= 11 is 16.7. The third kappa shape index (κ3) is 5.38. The number of rotatable bonds is 6. The number of ether oxygens (including phenoxy) is 3. The average Bonchev–Trinajstić information content (AvgIpc) is 2.69. The molecule has 0 fully saturated rings. The molecule has 2 aromatic carbocycles. The van der Waals surface area contributed by atoms with Gasteiger partial charge in [0, 0.05) is 5.69 Å². The first kappa shape index (κ1) is 21.4. The number of hydrogen-bond acceptors (Lipinski definition) is 5. The molecule has 2 amide bonds. The minimum absolute atomic E-state index is 0.0879. The normalized spacial score (nSPS) is 13.4. The average molecular weight is 460 g/mol. The molecule has 0 aliphatic carbocycles. The lowest BCUT2D eigenvalue weighted by Crippen LogP contribution is -2.41. The minimum atomic E-state index is -2.10. The third-order valence-electron chi connectivity index (χ3n) is 4.06. The van der Waals surface area contributed by atoms with E-state index in [9.17, 15) is 9.59 Å². The van der Waals surface area contributed by atoms with Crippen LogP contribution in [0.15, 0.2) is 42.5 Å². The molecular weight excluding hydrogens is 443 g/mol. The Kier molecular flexibility index (Phi) is 6.62. The molecule has 1 aliphatic rings. The summed E-state index contributed by atoms with van der Waals surface area (Å²) < 4.78 is 14.1. The van der Waals surface area contributed by atoms with E-state index in [4.69, 9.17) is 49.0 Å². The van der Waals surface area contributed by atoms with Crippen molar-refractivity contribution in [3.05, 3.63) is 42.5 Å². The summed E-state index contributed by atoms with van der Waals surface area (Å²) in [6.45, 7) is 0.445. The molecule has 154 valence electrons. The van der Waals surface area contributed by atoms with Gasteiger partial charge >= 0.3 is 0 Å². The lowest BCUT2D eigenvalue weighted by molar-refractivity contribution is -0.121. The molecule has 1 aliphatic heterocycles. The number of fused-ring (bicyclic) bond motifs is 1. The number of halogens is 3. The molecule has 0 saturated carbocycles.